The van der Waals surface area contributed by atoms with Crippen molar-refractivity contribution in [2.45, 2.75) is 19.9 Å². The van der Waals surface area contributed by atoms with Crippen LogP contribution in [0.25, 0.3) is 0 Å². The molecule has 0 spiro atoms. The summed E-state index contributed by atoms with van der Waals surface area (Å²) in [6, 6.07) is 10.6. The van der Waals surface area contributed by atoms with E-state index in [1.165, 1.54) is 6.07 Å². The molecule has 1 unspecified atom stereocenters. The van der Waals surface area contributed by atoms with E-state index in [0.29, 0.717) is 5.02 Å². The number of hydrogen-bond acceptors (Lipinski definition) is 2. The summed E-state index contributed by atoms with van der Waals surface area (Å²) in [5, 5.41) is 6.36. The standard InChI is InChI=1S/C18H19ClF2N2O/c1-11(2)18(12-3-5-13(19)6-4-12)22-10-17(24)23-14-7-8-15(20)16(21)9-14/h3-9,11,18,22H,10H2,1-2H3,(H,23,24). The summed E-state index contributed by atoms with van der Waals surface area (Å²) >= 11 is 5.90. The lowest BCUT2D eigenvalue weighted by atomic mass is 9.96. The molecule has 2 aromatic carbocycles. The van der Waals surface area contributed by atoms with Gasteiger partial charge in [0.2, 0.25) is 5.91 Å². The van der Waals surface area contributed by atoms with Gasteiger partial charge in [-0.05, 0) is 35.7 Å². The van der Waals surface area contributed by atoms with Crippen molar-refractivity contribution in [3.05, 3.63) is 64.7 Å². The molecule has 2 N–H and O–H groups in total. The Hall–Kier alpha value is -1.98. The number of rotatable bonds is 6. The van der Waals surface area contributed by atoms with Crippen molar-refractivity contribution in [3.63, 3.8) is 0 Å². The zero-order chi connectivity index (χ0) is 17.7. The summed E-state index contributed by atoms with van der Waals surface area (Å²) in [7, 11) is 0. The number of halogens is 3. The summed E-state index contributed by atoms with van der Waals surface area (Å²) in [4.78, 5) is 12.0. The van der Waals surface area contributed by atoms with Gasteiger partial charge in [-0.1, -0.05) is 37.6 Å². The first kappa shape index (κ1) is 18.4. The van der Waals surface area contributed by atoms with Crippen LogP contribution in [0.4, 0.5) is 14.5 Å². The second kappa shape index (κ2) is 8.22. The number of benzene rings is 2. The van der Waals surface area contributed by atoms with Crippen LogP contribution in [0.1, 0.15) is 25.5 Å². The maximum Gasteiger partial charge on any atom is 0.238 e. The van der Waals surface area contributed by atoms with Gasteiger partial charge in [-0.25, -0.2) is 8.78 Å². The maximum atomic E-state index is 13.2. The highest BCUT2D eigenvalue weighted by molar-refractivity contribution is 6.30. The maximum absolute atomic E-state index is 13.2. The number of carbonyl (C=O) groups excluding carboxylic acids is 1. The van der Waals surface area contributed by atoms with Crippen molar-refractivity contribution in [2.24, 2.45) is 5.92 Å². The third-order valence-corrected chi connectivity index (χ3v) is 3.83. The summed E-state index contributed by atoms with van der Waals surface area (Å²) < 4.78 is 26.0. The summed E-state index contributed by atoms with van der Waals surface area (Å²) in [6.07, 6.45) is 0. The molecule has 0 aliphatic carbocycles. The molecule has 0 radical (unpaired) electrons. The number of carbonyl (C=O) groups is 1. The van der Waals surface area contributed by atoms with Gasteiger partial charge in [0.15, 0.2) is 11.6 Å². The van der Waals surface area contributed by atoms with Gasteiger partial charge in [-0.2, -0.15) is 0 Å². The third-order valence-electron chi connectivity index (χ3n) is 3.58. The molecule has 0 fully saturated rings. The van der Waals surface area contributed by atoms with Crippen LogP contribution in [-0.4, -0.2) is 12.5 Å². The molecule has 0 aromatic heterocycles. The van der Waals surface area contributed by atoms with Crippen LogP contribution >= 0.6 is 11.6 Å². The van der Waals surface area contributed by atoms with E-state index in [1.54, 1.807) is 12.1 Å². The highest BCUT2D eigenvalue weighted by atomic mass is 35.5. The van der Waals surface area contributed by atoms with Crippen LogP contribution in [0.5, 0.6) is 0 Å². The van der Waals surface area contributed by atoms with Crippen LogP contribution in [0.3, 0.4) is 0 Å². The molecule has 1 atom stereocenters. The third kappa shape index (κ3) is 5.01. The molecule has 24 heavy (non-hydrogen) atoms. The van der Waals surface area contributed by atoms with E-state index < -0.39 is 11.6 Å². The molecule has 0 heterocycles. The minimum Gasteiger partial charge on any atom is -0.325 e. The van der Waals surface area contributed by atoms with Crippen molar-refractivity contribution in [1.29, 1.82) is 0 Å². The molecule has 0 bridgehead atoms. The first-order valence-electron chi connectivity index (χ1n) is 7.60. The van der Waals surface area contributed by atoms with Crippen molar-refractivity contribution in [3.8, 4) is 0 Å². The fourth-order valence-electron chi connectivity index (χ4n) is 2.39. The zero-order valence-corrected chi connectivity index (χ0v) is 14.2. The molecule has 2 rings (SSSR count). The largest absolute Gasteiger partial charge is 0.325 e. The predicted molar refractivity (Wildman–Crippen MR) is 92.0 cm³/mol. The Balaban J connectivity index is 1.97. The van der Waals surface area contributed by atoms with Gasteiger partial charge in [-0.15, -0.1) is 0 Å². The molecule has 0 saturated carbocycles. The van der Waals surface area contributed by atoms with Crippen molar-refractivity contribution < 1.29 is 13.6 Å². The van der Waals surface area contributed by atoms with Gasteiger partial charge in [0, 0.05) is 22.8 Å². The highest BCUT2D eigenvalue weighted by Gasteiger charge is 2.16. The molecule has 3 nitrogen and oxygen atoms in total. The molecule has 0 aliphatic rings. The average molecular weight is 353 g/mol. The predicted octanol–water partition coefficient (Wildman–Crippen LogP) is 4.54. The molecule has 0 aliphatic heterocycles. The SMILES string of the molecule is CC(C)C(NCC(=O)Nc1ccc(F)c(F)c1)c1ccc(Cl)cc1. The van der Waals surface area contributed by atoms with E-state index in [4.69, 9.17) is 11.6 Å². The van der Waals surface area contributed by atoms with Crippen molar-refractivity contribution in [1.82, 2.24) is 5.32 Å². The van der Waals surface area contributed by atoms with Crippen molar-refractivity contribution >= 4 is 23.2 Å². The first-order valence-corrected chi connectivity index (χ1v) is 7.98. The van der Waals surface area contributed by atoms with Crippen LogP contribution in [0.2, 0.25) is 5.02 Å². The molecule has 0 saturated heterocycles. The van der Waals surface area contributed by atoms with E-state index in [-0.39, 0.29) is 30.1 Å². The lowest BCUT2D eigenvalue weighted by molar-refractivity contribution is -0.115. The number of hydrogen-bond donors (Lipinski definition) is 2. The van der Waals surface area contributed by atoms with Gasteiger partial charge >= 0.3 is 0 Å². The van der Waals surface area contributed by atoms with Crippen LogP contribution in [0.15, 0.2) is 42.5 Å². The van der Waals surface area contributed by atoms with Gasteiger partial charge < -0.3 is 10.6 Å². The summed E-state index contributed by atoms with van der Waals surface area (Å²) in [6.45, 7) is 4.13. The van der Waals surface area contributed by atoms with Gasteiger partial charge in [0.25, 0.3) is 0 Å². The summed E-state index contributed by atoms with van der Waals surface area (Å²) in [5.74, 6) is -2.03. The van der Waals surface area contributed by atoms with E-state index in [0.717, 1.165) is 17.7 Å². The number of nitrogens with one attached hydrogen (secondary N) is 2. The lowest BCUT2D eigenvalue weighted by Gasteiger charge is -2.23. The molecular formula is C18H19ClF2N2O. The summed E-state index contributed by atoms with van der Waals surface area (Å²) in [5.41, 5.74) is 1.24. The van der Waals surface area contributed by atoms with E-state index in [9.17, 15) is 13.6 Å². The van der Waals surface area contributed by atoms with Crippen LogP contribution in [0, 0.1) is 17.6 Å². The number of anilines is 1. The molecule has 1 amide bonds. The van der Waals surface area contributed by atoms with Gasteiger partial charge in [0.05, 0.1) is 6.54 Å². The van der Waals surface area contributed by atoms with Crippen molar-refractivity contribution in [2.75, 3.05) is 11.9 Å². The molecule has 128 valence electrons. The normalized spacial score (nSPS) is 12.2. The molecule has 6 heteroatoms. The number of amides is 1. The van der Waals surface area contributed by atoms with Crippen LogP contribution in [-0.2, 0) is 4.79 Å². The Morgan fingerprint density at radius 2 is 1.75 bits per heavy atom. The Morgan fingerprint density at radius 3 is 2.33 bits per heavy atom. The topological polar surface area (TPSA) is 41.1 Å². The van der Waals surface area contributed by atoms with E-state index >= 15 is 0 Å². The Labute approximate surface area is 145 Å². The Morgan fingerprint density at radius 1 is 1.08 bits per heavy atom. The Kier molecular flexibility index (Phi) is 6.29. The molecule has 2 aromatic rings. The Bertz CT molecular complexity index is 705. The first-order chi connectivity index (χ1) is 11.4. The highest BCUT2D eigenvalue weighted by Crippen LogP contribution is 2.23. The monoisotopic (exact) mass is 352 g/mol. The fraction of sp³-hybridized carbons (Fsp3) is 0.278. The van der Waals surface area contributed by atoms with E-state index in [2.05, 4.69) is 10.6 Å². The minimum absolute atomic E-state index is 0.0297. The lowest BCUT2D eigenvalue weighted by Crippen LogP contribution is -2.33. The van der Waals surface area contributed by atoms with Crippen LogP contribution < -0.4 is 10.6 Å². The van der Waals surface area contributed by atoms with Gasteiger partial charge in [0.1, 0.15) is 0 Å². The zero-order valence-electron chi connectivity index (χ0n) is 13.4. The minimum atomic E-state index is -0.998. The second-order valence-electron chi connectivity index (χ2n) is 5.83. The van der Waals surface area contributed by atoms with Gasteiger partial charge in [-0.3, -0.25) is 4.79 Å². The molecular weight excluding hydrogens is 334 g/mol. The van der Waals surface area contributed by atoms with E-state index in [1.807, 2.05) is 26.0 Å². The second-order valence-corrected chi connectivity index (χ2v) is 6.27. The average Bonchev–Trinajstić information content (AvgIpc) is 2.52. The quantitative estimate of drug-likeness (QED) is 0.801. The smallest absolute Gasteiger partial charge is 0.238 e. The fourth-order valence-corrected chi connectivity index (χ4v) is 2.52.